The number of aromatic nitrogens is 1. The lowest BCUT2D eigenvalue weighted by Gasteiger charge is -1.89. The third-order valence-corrected chi connectivity index (χ3v) is 2.60. The predicted octanol–water partition coefficient (Wildman–Crippen LogP) is 0.900. The van der Waals surface area contributed by atoms with Gasteiger partial charge in [0.25, 0.3) is 0 Å². The summed E-state index contributed by atoms with van der Waals surface area (Å²) < 4.78 is 0.929. The second kappa shape index (κ2) is 3.66. The van der Waals surface area contributed by atoms with Crippen LogP contribution in [0.1, 0.15) is 5.56 Å². The molecular weight excluding hydrogens is 196 g/mol. The van der Waals surface area contributed by atoms with Crippen molar-refractivity contribution in [3.8, 4) is 11.8 Å². The van der Waals surface area contributed by atoms with Gasteiger partial charge >= 0.3 is 4.87 Å². The molecule has 0 bridgehead atoms. The molecule has 0 saturated heterocycles. The number of nitrogens with two attached hydrogens (primary N) is 1. The van der Waals surface area contributed by atoms with Crippen molar-refractivity contribution in [2.24, 2.45) is 5.73 Å². The lowest BCUT2D eigenvalue weighted by molar-refractivity contribution is 1.30. The van der Waals surface area contributed by atoms with E-state index in [9.17, 15) is 4.79 Å². The van der Waals surface area contributed by atoms with Gasteiger partial charge in [0.15, 0.2) is 0 Å². The number of rotatable bonds is 0. The Hall–Kier alpha value is -1.57. The van der Waals surface area contributed by atoms with Crippen molar-refractivity contribution in [3.05, 3.63) is 33.4 Å². The maximum Gasteiger partial charge on any atom is 0.305 e. The van der Waals surface area contributed by atoms with E-state index in [4.69, 9.17) is 5.73 Å². The molecule has 0 amide bonds. The highest BCUT2D eigenvalue weighted by Crippen LogP contribution is 2.15. The van der Waals surface area contributed by atoms with E-state index in [0.29, 0.717) is 6.54 Å². The number of hydrogen-bond acceptors (Lipinski definition) is 3. The molecule has 3 nitrogen and oxygen atoms in total. The molecule has 0 aliphatic rings. The van der Waals surface area contributed by atoms with Gasteiger partial charge in [0.2, 0.25) is 0 Å². The van der Waals surface area contributed by atoms with Crippen LogP contribution in [0.5, 0.6) is 0 Å². The molecule has 1 heterocycles. The van der Waals surface area contributed by atoms with Crippen molar-refractivity contribution < 1.29 is 0 Å². The normalized spacial score (nSPS) is 9.79. The van der Waals surface area contributed by atoms with E-state index in [1.807, 2.05) is 18.2 Å². The van der Waals surface area contributed by atoms with E-state index >= 15 is 0 Å². The summed E-state index contributed by atoms with van der Waals surface area (Å²) in [5.41, 5.74) is 7.01. The third-order valence-electron chi connectivity index (χ3n) is 1.76. The zero-order valence-corrected chi connectivity index (χ0v) is 8.15. The van der Waals surface area contributed by atoms with Crippen LogP contribution >= 0.6 is 11.3 Å². The maximum atomic E-state index is 11.0. The second-order valence-electron chi connectivity index (χ2n) is 2.73. The summed E-state index contributed by atoms with van der Waals surface area (Å²) in [5, 5.41) is 0. The molecule has 0 unspecified atom stereocenters. The fraction of sp³-hybridized carbons (Fsp3) is 0.100. The first-order valence-electron chi connectivity index (χ1n) is 4.11. The van der Waals surface area contributed by atoms with Crippen LogP contribution in [0.15, 0.2) is 23.0 Å². The van der Waals surface area contributed by atoms with Crippen molar-refractivity contribution in [2.45, 2.75) is 0 Å². The summed E-state index contributed by atoms with van der Waals surface area (Å²) in [6.45, 7) is 0.349. The minimum Gasteiger partial charge on any atom is -0.320 e. The molecule has 14 heavy (non-hydrogen) atoms. The summed E-state index contributed by atoms with van der Waals surface area (Å²) in [4.78, 5) is 13.7. The second-order valence-corrected chi connectivity index (χ2v) is 3.75. The minimum atomic E-state index is -0.0380. The average Bonchev–Trinajstić information content (AvgIpc) is 2.54. The highest BCUT2D eigenvalue weighted by atomic mass is 32.1. The molecule has 4 heteroatoms. The molecule has 0 spiro atoms. The standard InChI is InChI=1S/C10H8N2OS/c11-5-1-2-7-3-4-8-9(6-7)14-10(13)12-8/h3-4,6H,5,11H2,(H,12,13). The fourth-order valence-corrected chi connectivity index (χ4v) is 1.95. The molecule has 2 rings (SSSR count). The minimum absolute atomic E-state index is 0.0380. The maximum absolute atomic E-state index is 11.0. The molecule has 0 aliphatic carbocycles. The van der Waals surface area contributed by atoms with Crippen LogP contribution in [0.3, 0.4) is 0 Å². The Kier molecular flexibility index (Phi) is 2.35. The van der Waals surface area contributed by atoms with Gasteiger partial charge in [-0.05, 0) is 18.2 Å². The smallest absolute Gasteiger partial charge is 0.305 e. The molecule has 3 N–H and O–H groups in total. The van der Waals surface area contributed by atoms with Gasteiger partial charge in [0.05, 0.1) is 16.8 Å². The summed E-state index contributed by atoms with van der Waals surface area (Å²) >= 11 is 1.19. The van der Waals surface area contributed by atoms with Gasteiger partial charge < -0.3 is 10.7 Å². The average molecular weight is 204 g/mol. The molecule has 0 aliphatic heterocycles. The van der Waals surface area contributed by atoms with E-state index in [-0.39, 0.29) is 4.87 Å². The molecule has 1 aromatic carbocycles. The Morgan fingerprint density at radius 1 is 1.50 bits per heavy atom. The van der Waals surface area contributed by atoms with Gasteiger partial charge in [-0.15, -0.1) is 0 Å². The Bertz CT molecular complexity index is 571. The Morgan fingerprint density at radius 3 is 3.14 bits per heavy atom. The molecule has 0 atom stereocenters. The molecule has 70 valence electrons. The predicted molar refractivity (Wildman–Crippen MR) is 58.4 cm³/mol. The molecule has 0 radical (unpaired) electrons. The van der Waals surface area contributed by atoms with E-state index in [2.05, 4.69) is 16.8 Å². The third kappa shape index (κ3) is 1.69. The van der Waals surface area contributed by atoms with E-state index in [1.54, 1.807) is 0 Å². The lowest BCUT2D eigenvalue weighted by atomic mass is 10.2. The van der Waals surface area contributed by atoms with Gasteiger partial charge in [0.1, 0.15) is 0 Å². The number of fused-ring (bicyclic) bond motifs is 1. The van der Waals surface area contributed by atoms with Crippen LogP contribution in [-0.4, -0.2) is 11.5 Å². The molecule has 1 aromatic heterocycles. The quantitative estimate of drug-likeness (QED) is 0.626. The molecule has 2 aromatic rings. The molecule has 0 fully saturated rings. The number of aromatic amines is 1. The molecular formula is C10H8N2OS. The number of thiazole rings is 1. The van der Waals surface area contributed by atoms with Crippen molar-refractivity contribution in [1.82, 2.24) is 4.98 Å². The molecule has 0 saturated carbocycles. The monoisotopic (exact) mass is 204 g/mol. The van der Waals surface area contributed by atoms with Crippen molar-refractivity contribution in [2.75, 3.05) is 6.54 Å². The summed E-state index contributed by atoms with van der Waals surface area (Å²) in [6, 6.07) is 5.61. The summed E-state index contributed by atoms with van der Waals surface area (Å²) in [5.74, 6) is 5.69. The first-order valence-corrected chi connectivity index (χ1v) is 4.93. The SMILES string of the molecule is NCC#Cc1ccc2[nH]c(=O)sc2c1. The van der Waals surface area contributed by atoms with Crippen LogP contribution in [0, 0.1) is 11.8 Å². The highest BCUT2D eigenvalue weighted by Gasteiger charge is 1.98. The van der Waals surface area contributed by atoms with E-state index in [0.717, 1.165) is 15.8 Å². The van der Waals surface area contributed by atoms with Crippen LogP contribution in [-0.2, 0) is 0 Å². The van der Waals surface area contributed by atoms with Crippen LogP contribution in [0.25, 0.3) is 10.2 Å². The largest absolute Gasteiger partial charge is 0.320 e. The zero-order chi connectivity index (χ0) is 9.97. The lowest BCUT2D eigenvalue weighted by Crippen LogP contribution is -1.92. The Balaban J connectivity index is 2.55. The van der Waals surface area contributed by atoms with Crippen LogP contribution in [0.2, 0.25) is 0 Å². The first-order chi connectivity index (χ1) is 6.79. The number of benzene rings is 1. The number of hydrogen-bond donors (Lipinski definition) is 2. The summed E-state index contributed by atoms with van der Waals surface area (Å²) in [6.07, 6.45) is 0. The highest BCUT2D eigenvalue weighted by molar-refractivity contribution is 7.16. The fourth-order valence-electron chi connectivity index (χ4n) is 1.18. The van der Waals surface area contributed by atoms with Gasteiger partial charge in [-0.3, -0.25) is 4.79 Å². The van der Waals surface area contributed by atoms with Crippen molar-refractivity contribution in [3.63, 3.8) is 0 Å². The van der Waals surface area contributed by atoms with Crippen molar-refractivity contribution >= 4 is 21.6 Å². The van der Waals surface area contributed by atoms with E-state index < -0.39 is 0 Å². The van der Waals surface area contributed by atoms with Crippen LogP contribution < -0.4 is 10.6 Å². The summed E-state index contributed by atoms with van der Waals surface area (Å²) in [7, 11) is 0. The topological polar surface area (TPSA) is 58.9 Å². The number of H-pyrrole nitrogens is 1. The number of nitrogens with one attached hydrogen (secondary N) is 1. The van der Waals surface area contributed by atoms with Crippen LogP contribution in [0.4, 0.5) is 0 Å². The Labute approximate surface area is 84.6 Å². The van der Waals surface area contributed by atoms with E-state index in [1.165, 1.54) is 11.3 Å². The van der Waals surface area contributed by atoms with Gasteiger partial charge in [0, 0.05) is 5.56 Å². The van der Waals surface area contributed by atoms with Gasteiger partial charge in [-0.2, -0.15) is 0 Å². The first kappa shape index (κ1) is 9.00. The van der Waals surface area contributed by atoms with Crippen molar-refractivity contribution in [1.29, 1.82) is 0 Å². The zero-order valence-electron chi connectivity index (χ0n) is 7.33. The Morgan fingerprint density at radius 2 is 2.36 bits per heavy atom. The van der Waals surface area contributed by atoms with Gasteiger partial charge in [-0.25, -0.2) is 0 Å². The van der Waals surface area contributed by atoms with Gasteiger partial charge in [-0.1, -0.05) is 23.2 Å².